The van der Waals surface area contributed by atoms with Crippen molar-refractivity contribution in [1.82, 2.24) is 10.2 Å². The standard InChI is InChI=1S/C19H19N3O4S/c1-19(2,3)17(24)20-13-8-6-12(7-9-13)14(23)11-27-18-22-21-16(26-18)15-5-4-10-25-15/h4-10H,11H2,1-3H3,(H,20,24). The first kappa shape index (κ1) is 18.9. The number of carbonyl (C=O) groups is 2. The Morgan fingerprint density at radius 3 is 2.48 bits per heavy atom. The summed E-state index contributed by atoms with van der Waals surface area (Å²) in [5.74, 6) is 0.753. The highest BCUT2D eigenvalue weighted by atomic mass is 32.2. The lowest BCUT2D eigenvalue weighted by Crippen LogP contribution is -2.27. The fraction of sp³-hybridized carbons (Fsp3) is 0.263. The summed E-state index contributed by atoms with van der Waals surface area (Å²) in [5, 5.41) is 10.9. The minimum Gasteiger partial charge on any atom is -0.459 e. The molecule has 0 bridgehead atoms. The number of furan rings is 1. The molecule has 0 aliphatic rings. The summed E-state index contributed by atoms with van der Waals surface area (Å²) in [7, 11) is 0. The molecule has 0 aliphatic carbocycles. The van der Waals surface area contributed by atoms with Gasteiger partial charge in [-0.1, -0.05) is 32.5 Å². The highest BCUT2D eigenvalue weighted by molar-refractivity contribution is 7.99. The number of aromatic nitrogens is 2. The third-order valence-corrected chi connectivity index (χ3v) is 4.43. The summed E-state index contributed by atoms with van der Waals surface area (Å²) < 4.78 is 10.6. The summed E-state index contributed by atoms with van der Waals surface area (Å²) in [5.41, 5.74) is 0.713. The van der Waals surface area contributed by atoms with Gasteiger partial charge in [0.25, 0.3) is 11.1 Å². The van der Waals surface area contributed by atoms with Crippen LogP contribution in [0.5, 0.6) is 0 Å². The van der Waals surface area contributed by atoms with E-state index in [0.717, 1.165) is 11.8 Å². The third-order valence-electron chi connectivity index (χ3n) is 3.61. The highest BCUT2D eigenvalue weighted by Gasteiger charge is 2.21. The van der Waals surface area contributed by atoms with Crippen molar-refractivity contribution in [2.75, 3.05) is 11.1 Å². The van der Waals surface area contributed by atoms with Gasteiger partial charge in [0.05, 0.1) is 12.0 Å². The fourth-order valence-corrected chi connectivity index (χ4v) is 2.69. The average Bonchev–Trinajstić information content (AvgIpc) is 3.31. The number of carbonyl (C=O) groups excluding carboxylic acids is 2. The molecule has 2 aromatic heterocycles. The number of ketones is 1. The number of benzene rings is 1. The quantitative estimate of drug-likeness (QED) is 0.499. The van der Waals surface area contributed by atoms with Gasteiger partial charge in [-0.3, -0.25) is 9.59 Å². The number of thioether (sulfide) groups is 1. The number of nitrogens with one attached hydrogen (secondary N) is 1. The lowest BCUT2D eigenvalue weighted by molar-refractivity contribution is -0.123. The molecule has 7 nitrogen and oxygen atoms in total. The largest absolute Gasteiger partial charge is 0.459 e. The molecule has 3 rings (SSSR count). The lowest BCUT2D eigenvalue weighted by Gasteiger charge is -2.17. The van der Waals surface area contributed by atoms with E-state index in [0.29, 0.717) is 22.2 Å². The van der Waals surface area contributed by atoms with Crippen LogP contribution in [0, 0.1) is 5.41 Å². The van der Waals surface area contributed by atoms with Crippen LogP contribution in [0.25, 0.3) is 11.7 Å². The Kier molecular flexibility index (Phi) is 5.46. The van der Waals surface area contributed by atoms with Crippen molar-refractivity contribution in [1.29, 1.82) is 0 Å². The molecule has 8 heteroatoms. The first-order chi connectivity index (χ1) is 12.8. The maximum Gasteiger partial charge on any atom is 0.284 e. The Balaban J connectivity index is 1.56. The topological polar surface area (TPSA) is 98.2 Å². The summed E-state index contributed by atoms with van der Waals surface area (Å²) in [6.45, 7) is 5.52. The van der Waals surface area contributed by atoms with Gasteiger partial charge >= 0.3 is 0 Å². The molecule has 0 saturated heterocycles. The fourth-order valence-electron chi connectivity index (χ4n) is 2.04. The van der Waals surface area contributed by atoms with Gasteiger partial charge in [-0.15, -0.1) is 10.2 Å². The lowest BCUT2D eigenvalue weighted by atomic mass is 9.95. The van der Waals surface area contributed by atoms with Crippen molar-refractivity contribution >= 4 is 29.1 Å². The van der Waals surface area contributed by atoms with Gasteiger partial charge in [0.2, 0.25) is 5.91 Å². The molecule has 1 amide bonds. The van der Waals surface area contributed by atoms with Gasteiger partial charge in [0, 0.05) is 16.7 Å². The molecular formula is C19H19N3O4S. The minimum absolute atomic E-state index is 0.0774. The van der Waals surface area contributed by atoms with Crippen LogP contribution < -0.4 is 5.32 Å². The normalized spacial score (nSPS) is 11.4. The van der Waals surface area contributed by atoms with Gasteiger partial charge in [-0.05, 0) is 36.4 Å². The molecule has 0 fully saturated rings. The van der Waals surface area contributed by atoms with Crippen LogP contribution in [-0.2, 0) is 4.79 Å². The molecule has 1 N–H and O–H groups in total. The highest BCUT2D eigenvalue weighted by Crippen LogP contribution is 2.24. The van der Waals surface area contributed by atoms with E-state index in [1.165, 1.54) is 6.26 Å². The zero-order valence-electron chi connectivity index (χ0n) is 15.2. The van der Waals surface area contributed by atoms with Gasteiger partial charge in [-0.25, -0.2) is 0 Å². The predicted octanol–water partition coefficient (Wildman–Crippen LogP) is 4.29. The Hall–Kier alpha value is -2.87. The summed E-state index contributed by atoms with van der Waals surface area (Å²) in [6, 6.07) is 10.2. The number of hydrogen-bond donors (Lipinski definition) is 1. The molecule has 0 atom stereocenters. The first-order valence-corrected chi connectivity index (χ1v) is 9.26. The Bertz CT molecular complexity index is 925. The number of rotatable bonds is 6. The average molecular weight is 385 g/mol. The Morgan fingerprint density at radius 2 is 1.85 bits per heavy atom. The van der Waals surface area contributed by atoms with Gasteiger partial charge in [0.15, 0.2) is 11.5 Å². The maximum absolute atomic E-state index is 12.3. The van der Waals surface area contributed by atoms with Crippen LogP contribution in [-0.4, -0.2) is 27.6 Å². The van der Waals surface area contributed by atoms with Crippen molar-refractivity contribution < 1.29 is 18.4 Å². The SMILES string of the molecule is CC(C)(C)C(=O)Nc1ccc(C(=O)CSc2nnc(-c3ccco3)o2)cc1. The van der Waals surface area contributed by atoms with Crippen LogP contribution in [0.2, 0.25) is 0 Å². The van der Waals surface area contributed by atoms with Crippen LogP contribution in [0.1, 0.15) is 31.1 Å². The van der Waals surface area contributed by atoms with E-state index in [-0.39, 0.29) is 23.3 Å². The van der Waals surface area contributed by atoms with Crippen molar-refractivity contribution in [3.63, 3.8) is 0 Å². The molecule has 27 heavy (non-hydrogen) atoms. The predicted molar refractivity (Wildman–Crippen MR) is 102 cm³/mol. The molecule has 0 saturated carbocycles. The van der Waals surface area contributed by atoms with E-state index in [1.54, 1.807) is 36.4 Å². The molecule has 0 radical (unpaired) electrons. The second kappa shape index (κ2) is 7.79. The van der Waals surface area contributed by atoms with E-state index < -0.39 is 5.41 Å². The number of amides is 1. The first-order valence-electron chi connectivity index (χ1n) is 8.28. The smallest absolute Gasteiger partial charge is 0.284 e. The zero-order valence-corrected chi connectivity index (χ0v) is 16.0. The summed E-state index contributed by atoms with van der Waals surface area (Å²) in [6.07, 6.45) is 1.52. The van der Waals surface area contributed by atoms with Crippen LogP contribution in [0.3, 0.4) is 0 Å². The monoisotopic (exact) mass is 385 g/mol. The molecule has 140 valence electrons. The van der Waals surface area contributed by atoms with Crippen LogP contribution in [0.15, 0.2) is 56.7 Å². The number of hydrogen-bond acceptors (Lipinski definition) is 7. The molecular weight excluding hydrogens is 366 g/mol. The molecule has 2 heterocycles. The van der Waals surface area contributed by atoms with Gasteiger partial charge in [-0.2, -0.15) is 0 Å². The Morgan fingerprint density at radius 1 is 1.11 bits per heavy atom. The third kappa shape index (κ3) is 4.85. The van der Waals surface area contributed by atoms with Crippen LogP contribution >= 0.6 is 11.8 Å². The number of anilines is 1. The van der Waals surface area contributed by atoms with E-state index in [1.807, 2.05) is 20.8 Å². The van der Waals surface area contributed by atoms with E-state index >= 15 is 0 Å². The zero-order chi connectivity index (χ0) is 19.4. The molecule has 0 aliphatic heterocycles. The number of nitrogens with zero attached hydrogens (tertiary/aromatic N) is 2. The molecule has 3 aromatic rings. The van der Waals surface area contributed by atoms with Gasteiger partial charge < -0.3 is 14.2 Å². The van der Waals surface area contributed by atoms with E-state index in [2.05, 4.69) is 15.5 Å². The van der Waals surface area contributed by atoms with Crippen molar-refractivity contribution in [2.24, 2.45) is 5.41 Å². The molecule has 0 spiro atoms. The minimum atomic E-state index is -0.482. The van der Waals surface area contributed by atoms with Crippen molar-refractivity contribution in [3.05, 3.63) is 48.2 Å². The van der Waals surface area contributed by atoms with Crippen molar-refractivity contribution in [2.45, 2.75) is 26.0 Å². The number of Topliss-reactive ketones (excluding diaryl/α,β-unsaturated/α-hetero) is 1. The molecule has 0 unspecified atom stereocenters. The van der Waals surface area contributed by atoms with E-state index in [4.69, 9.17) is 8.83 Å². The van der Waals surface area contributed by atoms with E-state index in [9.17, 15) is 9.59 Å². The summed E-state index contributed by atoms with van der Waals surface area (Å²) >= 11 is 1.16. The van der Waals surface area contributed by atoms with Crippen molar-refractivity contribution in [3.8, 4) is 11.7 Å². The Labute approximate surface area is 160 Å². The maximum atomic E-state index is 12.3. The van der Waals surface area contributed by atoms with Crippen LogP contribution in [0.4, 0.5) is 5.69 Å². The van der Waals surface area contributed by atoms with Gasteiger partial charge in [0.1, 0.15) is 0 Å². The summed E-state index contributed by atoms with van der Waals surface area (Å²) in [4.78, 5) is 24.3. The second-order valence-corrected chi connectivity index (χ2v) is 7.77. The second-order valence-electron chi connectivity index (χ2n) is 6.84. The molecule has 1 aromatic carbocycles.